The Labute approximate surface area is 234 Å². The number of benzene rings is 5. The Balaban J connectivity index is 1.26. The first-order valence-corrected chi connectivity index (χ1v) is 14.5. The first kappa shape index (κ1) is 21.0. The van der Waals surface area contributed by atoms with Gasteiger partial charge in [0.2, 0.25) is 0 Å². The van der Waals surface area contributed by atoms with Crippen molar-refractivity contribution in [1.82, 2.24) is 9.46 Å². The number of para-hydroxylation sites is 2. The van der Waals surface area contributed by atoms with Gasteiger partial charge < -0.3 is 9.29 Å². The molecule has 0 bridgehead atoms. The van der Waals surface area contributed by atoms with Crippen LogP contribution in [-0.4, -0.2) is 16.4 Å². The van der Waals surface area contributed by atoms with Crippen LogP contribution in [-0.2, 0) is 0 Å². The second-order valence-electron chi connectivity index (χ2n) is 10.7. The van der Waals surface area contributed by atoms with Crippen LogP contribution in [0.2, 0.25) is 0 Å². The monoisotopic (exact) mass is 525 g/mol. The van der Waals surface area contributed by atoms with Gasteiger partial charge >= 0.3 is 6.98 Å². The molecule has 5 aromatic carbocycles. The molecule has 0 saturated carbocycles. The van der Waals surface area contributed by atoms with Gasteiger partial charge in [-0.2, -0.15) is 0 Å². The van der Waals surface area contributed by atoms with E-state index in [1.165, 1.54) is 64.3 Å². The normalized spacial score (nSPS) is 13.4. The van der Waals surface area contributed by atoms with Crippen molar-refractivity contribution in [1.29, 1.82) is 0 Å². The summed E-state index contributed by atoms with van der Waals surface area (Å²) < 4.78 is 5.15. The van der Waals surface area contributed by atoms with Crippen molar-refractivity contribution in [3.05, 3.63) is 121 Å². The fourth-order valence-corrected chi connectivity index (χ4v) is 8.38. The van der Waals surface area contributed by atoms with E-state index in [1.807, 2.05) is 11.3 Å². The maximum absolute atomic E-state index is 5.43. The molecule has 10 rings (SSSR count). The van der Waals surface area contributed by atoms with Crippen molar-refractivity contribution in [2.24, 2.45) is 0 Å². The molecule has 0 spiro atoms. The van der Waals surface area contributed by atoms with Gasteiger partial charge in [-0.05, 0) is 35.8 Å². The van der Waals surface area contributed by atoms with E-state index in [0.717, 1.165) is 17.1 Å². The van der Waals surface area contributed by atoms with Gasteiger partial charge in [0.1, 0.15) is 0 Å². The van der Waals surface area contributed by atoms with Crippen LogP contribution >= 0.6 is 11.3 Å². The number of aromatic nitrogens is 2. The lowest BCUT2D eigenvalue weighted by molar-refractivity contribution is 1.25. The van der Waals surface area contributed by atoms with Crippen LogP contribution in [0.3, 0.4) is 0 Å². The van der Waals surface area contributed by atoms with E-state index in [4.69, 9.17) is 4.98 Å². The van der Waals surface area contributed by atoms with Gasteiger partial charge in [0, 0.05) is 47.6 Å². The highest BCUT2D eigenvalue weighted by Crippen LogP contribution is 2.49. The Morgan fingerprint density at radius 3 is 2.30 bits per heavy atom. The molecule has 0 aliphatic carbocycles. The van der Waals surface area contributed by atoms with E-state index >= 15 is 0 Å². The van der Waals surface area contributed by atoms with Gasteiger partial charge in [0.05, 0.1) is 28.3 Å². The molecule has 2 aliphatic heterocycles. The van der Waals surface area contributed by atoms with E-state index in [1.54, 1.807) is 0 Å². The van der Waals surface area contributed by atoms with Crippen LogP contribution in [0.25, 0.3) is 64.5 Å². The molecule has 3 nitrogen and oxygen atoms in total. The number of hydrogen-bond donors (Lipinski definition) is 0. The number of rotatable bonds is 1. The van der Waals surface area contributed by atoms with Gasteiger partial charge in [-0.25, -0.2) is 4.98 Å². The maximum atomic E-state index is 5.43. The standard InChI is InChI=1S/C35H20BN3S/c1-4-15-27-25(11-1)33-30(38-31-17-8-12-23-21-9-2-5-16-29(21)39(34(23)31)36(27)38)20-19-28(37-33)26-14-7-13-24-22-10-3-6-18-32(22)40-35(24)26/h1-20H. The summed E-state index contributed by atoms with van der Waals surface area (Å²) in [6.45, 7) is 0.0576. The molecule has 0 fully saturated rings. The highest BCUT2D eigenvalue weighted by molar-refractivity contribution is 7.26. The molecular formula is C35H20BN3S. The van der Waals surface area contributed by atoms with Crippen LogP contribution in [0.15, 0.2) is 121 Å². The van der Waals surface area contributed by atoms with Crippen molar-refractivity contribution in [2.45, 2.75) is 0 Å². The molecule has 5 heteroatoms. The molecule has 2 aliphatic rings. The van der Waals surface area contributed by atoms with Crippen LogP contribution < -0.4 is 10.3 Å². The third-order valence-electron chi connectivity index (χ3n) is 8.77. The lowest BCUT2D eigenvalue weighted by atomic mass is 9.61. The summed E-state index contributed by atoms with van der Waals surface area (Å²) in [5.41, 5.74) is 10.8. The molecule has 40 heavy (non-hydrogen) atoms. The van der Waals surface area contributed by atoms with Crippen molar-refractivity contribution < 1.29 is 0 Å². The molecule has 0 atom stereocenters. The van der Waals surface area contributed by atoms with Crippen molar-refractivity contribution in [2.75, 3.05) is 4.81 Å². The SMILES string of the molecule is c1ccc2c(c1)B1N(c3ccc(-c4cccc5c4sc4ccccc45)nc3-2)c2cccc3c4ccccc4n1c23. The topological polar surface area (TPSA) is 21.1 Å². The summed E-state index contributed by atoms with van der Waals surface area (Å²) >= 11 is 1.86. The Kier molecular flexibility index (Phi) is 3.89. The van der Waals surface area contributed by atoms with Crippen molar-refractivity contribution >= 4 is 77.1 Å². The molecular weight excluding hydrogens is 505 g/mol. The lowest BCUT2D eigenvalue weighted by Crippen LogP contribution is -2.51. The summed E-state index contributed by atoms with van der Waals surface area (Å²) in [4.78, 5) is 7.94. The fraction of sp³-hybridized carbons (Fsp3) is 0. The third-order valence-corrected chi connectivity index (χ3v) is 9.99. The minimum Gasteiger partial charge on any atom is -0.359 e. The molecule has 3 aromatic heterocycles. The van der Waals surface area contributed by atoms with Crippen LogP contribution in [0.5, 0.6) is 0 Å². The minimum atomic E-state index is 0.0576. The van der Waals surface area contributed by atoms with Gasteiger partial charge in [0.25, 0.3) is 0 Å². The maximum Gasteiger partial charge on any atom is 0.421 e. The number of anilines is 2. The first-order chi connectivity index (χ1) is 19.9. The molecule has 5 heterocycles. The molecule has 184 valence electrons. The Morgan fingerprint density at radius 1 is 0.575 bits per heavy atom. The lowest BCUT2D eigenvalue weighted by Gasteiger charge is -2.34. The predicted octanol–water partition coefficient (Wildman–Crippen LogP) is 8.60. The van der Waals surface area contributed by atoms with E-state index in [-0.39, 0.29) is 6.98 Å². The molecule has 0 unspecified atom stereocenters. The molecule has 0 N–H and O–H groups in total. The number of thiophene rings is 1. The Bertz CT molecular complexity index is 2370. The van der Waals surface area contributed by atoms with Crippen LogP contribution in [0.1, 0.15) is 0 Å². The quantitative estimate of drug-likeness (QED) is 0.200. The number of fused-ring (bicyclic) bond motifs is 14. The average Bonchev–Trinajstić information content (AvgIpc) is 3.68. The van der Waals surface area contributed by atoms with Gasteiger partial charge in [0.15, 0.2) is 0 Å². The number of nitrogens with zero attached hydrogens (tertiary/aromatic N) is 3. The number of hydrogen-bond acceptors (Lipinski definition) is 3. The van der Waals surface area contributed by atoms with E-state index in [9.17, 15) is 0 Å². The third kappa shape index (κ3) is 2.49. The zero-order valence-electron chi connectivity index (χ0n) is 21.4. The Morgan fingerprint density at radius 2 is 1.32 bits per heavy atom. The van der Waals surface area contributed by atoms with Crippen LogP contribution in [0, 0.1) is 0 Å². The summed E-state index contributed by atoms with van der Waals surface area (Å²) in [6.07, 6.45) is 0. The largest absolute Gasteiger partial charge is 0.421 e. The van der Waals surface area contributed by atoms with E-state index < -0.39 is 0 Å². The van der Waals surface area contributed by atoms with Gasteiger partial charge in [-0.3, -0.25) is 0 Å². The van der Waals surface area contributed by atoms with E-state index in [2.05, 4.69) is 131 Å². The number of pyridine rings is 1. The zero-order chi connectivity index (χ0) is 25.9. The molecule has 8 aromatic rings. The second kappa shape index (κ2) is 7.41. The summed E-state index contributed by atoms with van der Waals surface area (Å²) in [6, 6.07) is 44.2. The average molecular weight is 525 g/mol. The van der Waals surface area contributed by atoms with E-state index in [0.29, 0.717) is 0 Å². The Hall–Kier alpha value is -4.87. The fourth-order valence-electron chi connectivity index (χ4n) is 7.15. The highest BCUT2D eigenvalue weighted by atomic mass is 32.1. The summed E-state index contributed by atoms with van der Waals surface area (Å²) in [7, 11) is 0. The van der Waals surface area contributed by atoms with Gasteiger partial charge in [-0.15, -0.1) is 11.3 Å². The second-order valence-corrected chi connectivity index (χ2v) is 11.8. The predicted molar refractivity (Wildman–Crippen MR) is 170 cm³/mol. The zero-order valence-corrected chi connectivity index (χ0v) is 22.2. The molecule has 0 saturated heterocycles. The minimum absolute atomic E-state index is 0.0576. The molecule has 0 radical (unpaired) electrons. The highest BCUT2D eigenvalue weighted by Gasteiger charge is 2.45. The van der Waals surface area contributed by atoms with Crippen molar-refractivity contribution in [3.8, 4) is 22.5 Å². The molecule has 0 amide bonds. The van der Waals surface area contributed by atoms with Crippen molar-refractivity contribution in [3.63, 3.8) is 0 Å². The summed E-state index contributed by atoms with van der Waals surface area (Å²) in [5, 5.41) is 5.24. The first-order valence-electron chi connectivity index (χ1n) is 13.7. The van der Waals surface area contributed by atoms with Gasteiger partial charge in [-0.1, -0.05) is 91.0 Å². The van der Waals surface area contributed by atoms with Crippen LogP contribution in [0.4, 0.5) is 11.4 Å². The smallest absolute Gasteiger partial charge is 0.359 e. The summed E-state index contributed by atoms with van der Waals surface area (Å²) in [5.74, 6) is 0.